The summed E-state index contributed by atoms with van der Waals surface area (Å²) in [5.41, 5.74) is 1.14. The topological polar surface area (TPSA) is 69.4 Å². The number of thiophene rings is 1. The molecule has 0 bridgehead atoms. The lowest BCUT2D eigenvalue weighted by atomic mass is 10.2. The highest BCUT2D eigenvalue weighted by molar-refractivity contribution is 7.89. The molecule has 0 aliphatic rings. The lowest BCUT2D eigenvalue weighted by molar-refractivity contribution is 0.307. The monoisotopic (exact) mass is 283 g/mol. The van der Waals surface area contributed by atoms with Crippen molar-refractivity contribution in [3.63, 3.8) is 0 Å². The second-order valence-electron chi connectivity index (χ2n) is 3.85. The Bertz CT molecular complexity index is 630. The molecule has 0 amide bonds. The van der Waals surface area contributed by atoms with Crippen LogP contribution in [-0.4, -0.2) is 8.42 Å². The molecule has 1 aromatic heterocycles. The van der Waals surface area contributed by atoms with Crippen LogP contribution >= 0.6 is 11.3 Å². The number of rotatable bonds is 4. The van der Waals surface area contributed by atoms with Gasteiger partial charge in [0.05, 0.1) is 9.77 Å². The number of hydrogen-bond donors (Lipinski definition) is 1. The molecule has 1 heterocycles. The summed E-state index contributed by atoms with van der Waals surface area (Å²) >= 11 is 1.31. The first kappa shape index (κ1) is 13.1. The van der Waals surface area contributed by atoms with E-state index in [0.717, 1.165) is 5.56 Å². The van der Waals surface area contributed by atoms with Crippen LogP contribution in [0.25, 0.3) is 0 Å². The molecule has 0 spiro atoms. The molecule has 2 aromatic rings. The van der Waals surface area contributed by atoms with Crippen LogP contribution in [0, 0.1) is 6.92 Å². The Morgan fingerprint density at radius 2 is 1.89 bits per heavy atom. The van der Waals surface area contributed by atoms with Gasteiger partial charge in [-0.3, -0.25) is 0 Å². The number of aryl methyl sites for hydroxylation is 1. The Morgan fingerprint density at radius 1 is 1.22 bits per heavy atom. The second kappa shape index (κ2) is 5.09. The maximum absolute atomic E-state index is 11.3. The summed E-state index contributed by atoms with van der Waals surface area (Å²) in [7, 11) is -3.67. The predicted octanol–water partition coefficient (Wildman–Crippen LogP) is 2.28. The normalized spacial score (nSPS) is 11.4. The summed E-state index contributed by atoms with van der Waals surface area (Å²) in [6, 6.07) is 9.06. The van der Waals surface area contributed by atoms with Crippen LogP contribution in [-0.2, 0) is 16.6 Å². The first-order valence-electron chi connectivity index (χ1n) is 5.25. The minimum atomic E-state index is -3.67. The van der Waals surface area contributed by atoms with E-state index in [1.54, 1.807) is 5.38 Å². The van der Waals surface area contributed by atoms with Gasteiger partial charge < -0.3 is 4.74 Å². The predicted molar refractivity (Wildman–Crippen MR) is 71.2 cm³/mol. The van der Waals surface area contributed by atoms with Crippen LogP contribution in [0.4, 0.5) is 0 Å². The molecule has 4 nitrogen and oxygen atoms in total. The molecule has 96 valence electrons. The van der Waals surface area contributed by atoms with E-state index in [0.29, 0.717) is 10.6 Å². The van der Waals surface area contributed by atoms with Gasteiger partial charge >= 0.3 is 0 Å². The highest BCUT2D eigenvalue weighted by atomic mass is 32.2. The van der Waals surface area contributed by atoms with Crippen molar-refractivity contribution >= 4 is 21.4 Å². The molecule has 0 fully saturated rings. The zero-order chi connectivity index (χ0) is 13.2. The average molecular weight is 283 g/mol. The molecular formula is C12H13NO3S2. The number of sulfonamides is 1. The Kier molecular flexibility index (Phi) is 3.70. The number of primary sulfonamides is 1. The minimum absolute atomic E-state index is 0.139. The van der Waals surface area contributed by atoms with E-state index in [1.165, 1.54) is 17.4 Å². The number of hydrogen-bond acceptors (Lipinski definition) is 4. The molecule has 0 saturated heterocycles. The number of benzene rings is 1. The van der Waals surface area contributed by atoms with Crippen LogP contribution in [0.3, 0.4) is 0 Å². The quantitative estimate of drug-likeness (QED) is 0.936. The van der Waals surface area contributed by atoms with E-state index in [-0.39, 0.29) is 11.5 Å². The van der Waals surface area contributed by atoms with Crippen LogP contribution < -0.4 is 9.88 Å². The molecule has 0 unspecified atom stereocenters. The Hall–Kier alpha value is -1.37. The third kappa shape index (κ3) is 3.10. The van der Waals surface area contributed by atoms with Gasteiger partial charge in [-0.1, -0.05) is 17.7 Å². The minimum Gasteiger partial charge on any atom is -0.488 e. The van der Waals surface area contributed by atoms with E-state index in [4.69, 9.17) is 9.88 Å². The van der Waals surface area contributed by atoms with Crippen molar-refractivity contribution in [1.29, 1.82) is 0 Å². The third-order valence-corrected chi connectivity index (χ3v) is 4.42. The first-order valence-corrected chi connectivity index (χ1v) is 7.68. The molecule has 2 rings (SSSR count). The van der Waals surface area contributed by atoms with E-state index in [1.807, 2.05) is 31.2 Å². The number of nitrogens with two attached hydrogens (primary N) is 1. The van der Waals surface area contributed by atoms with Gasteiger partial charge in [0, 0.05) is 0 Å². The highest BCUT2D eigenvalue weighted by Gasteiger charge is 2.15. The van der Waals surface area contributed by atoms with Crippen LogP contribution in [0.1, 0.15) is 10.4 Å². The number of ether oxygens (including phenoxy) is 1. The summed E-state index contributed by atoms with van der Waals surface area (Å²) in [6.07, 6.45) is 0. The largest absolute Gasteiger partial charge is 0.488 e. The molecular weight excluding hydrogens is 270 g/mol. The molecule has 0 aliphatic carbocycles. The second-order valence-corrected chi connectivity index (χ2v) is 6.39. The fourth-order valence-electron chi connectivity index (χ4n) is 1.47. The van der Waals surface area contributed by atoms with Crippen molar-refractivity contribution in [2.24, 2.45) is 5.14 Å². The summed E-state index contributed by atoms with van der Waals surface area (Å²) < 4.78 is 28.1. The van der Waals surface area contributed by atoms with Crippen LogP contribution in [0.2, 0.25) is 0 Å². The van der Waals surface area contributed by atoms with Gasteiger partial charge in [-0.15, -0.1) is 11.3 Å². The Balaban J connectivity index is 2.12. The van der Waals surface area contributed by atoms with Gasteiger partial charge in [-0.25, -0.2) is 13.6 Å². The zero-order valence-electron chi connectivity index (χ0n) is 9.79. The van der Waals surface area contributed by atoms with Crippen molar-refractivity contribution in [2.75, 3.05) is 0 Å². The standard InChI is InChI=1S/C12H13NO3S2/c1-9-2-4-10(5-3-9)16-8-11-12(6-7-17-11)18(13,14)15/h2-7H,8H2,1H3,(H2,13,14,15). The van der Waals surface area contributed by atoms with Gasteiger partial charge in [0.2, 0.25) is 10.0 Å². The highest BCUT2D eigenvalue weighted by Crippen LogP contribution is 2.23. The average Bonchev–Trinajstić information content (AvgIpc) is 2.76. The molecule has 0 saturated carbocycles. The summed E-state index contributed by atoms with van der Waals surface area (Å²) in [5.74, 6) is 0.703. The van der Waals surface area contributed by atoms with Gasteiger partial charge in [-0.05, 0) is 30.5 Å². The summed E-state index contributed by atoms with van der Waals surface area (Å²) in [4.78, 5) is 0.748. The Morgan fingerprint density at radius 3 is 2.50 bits per heavy atom. The van der Waals surface area contributed by atoms with Gasteiger partial charge in [0.1, 0.15) is 12.4 Å². The maximum Gasteiger partial charge on any atom is 0.239 e. The third-order valence-electron chi connectivity index (χ3n) is 2.40. The van der Waals surface area contributed by atoms with Crippen LogP contribution in [0.15, 0.2) is 40.6 Å². The SMILES string of the molecule is Cc1ccc(OCc2sccc2S(N)(=O)=O)cc1. The van der Waals surface area contributed by atoms with Gasteiger partial charge in [0.25, 0.3) is 0 Å². The zero-order valence-corrected chi connectivity index (χ0v) is 11.4. The lowest BCUT2D eigenvalue weighted by Crippen LogP contribution is -2.13. The fourth-order valence-corrected chi connectivity index (χ4v) is 3.36. The van der Waals surface area contributed by atoms with Crippen molar-refractivity contribution in [3.8, 4) is 5.75 Å². The first-order chi connectivity index (χ1) is 8.47. The molecule has 0 atom stereocenters. The van der Waals surface area contributed by atoms with Gasteiger partial charge in [0.15, 0.2) is 0 Å². The van der Waals surface area contributed by atoms with Crippen molar-refractivity contribution in [1.82, 2.24) is 0 Å². The lowest BCUT2D eigenvalue weighted by Gasteiger charge is -2.06. The van der Waals surface area contributed by atoms with Crippen molar-refractivity contribution in [2.45, 2.75) is 18.4 Å². The Labute approximate surface area is 110 Å². The van der Waals surface area contributed by atoms with Crippen molar-refractivity contribution < 1.29 is 13.2 Å². The molecule has 0 aliphatic heterocycles. The molecule has 18 heavy (non-hydrogen) atoms. The molecule has 2 N–H and O–H groups in total. The molecule has 0 radical (unpaired) electrons. The summed E-state index contributed by atoms with van der Waals surface area (Å²) in [6.45, 7) is 2.19. The van der Waals surface area contributed by atoms with E-state index in [2.05, 4.69) is 0 Å². The smallest absolute Gasteiger partial charge is 0.239 e. The fraction of sp³-hybridized carbons (Fsp3) is 0.167. The van der Waals surface area contributed by atoms with Crippen LogP contribution in [0.5, 0.6) is 5.75 Å². The van der Waals surface area contributed by atoms with E-state index < -0.39 is 10.0 Å². The molecule has 1 aromatic carbocycles. The van der Waals surface area contributed by atoms with E-state index >= 15 is 0 Å². The summed E-state index contributed by atoms with van der Waals surface area (Å²) in [5, 5.41) is 6.80. The van der Waals surface area contributed by atoms with E-state index in [9.17, 15) is 8.42 Å². The maximum atomic E-state index is 11.3. The van der Waals surface area contributed by atoms with Crippen molar-refractivity contribution in [3.05, 3.63) is 46.2 Å². The van der Waals surface area contributed by atoms with Gasteiger partial charge in [-0.2, -0.15) is 0 Å². The molecule has 6 heteroatoms.